The van der Waals surface area contributed by atoms with E-state index in [0.717, 1.165) is 31.5 Å². The Kier molecular flexibility index (Phi) is 7.14. The van der Waals surface area contributed by atoms with Crippen molar-refractivity contribution in [2.75, 3.05) is 32.8 Å². The van der Waals surface area contributed by atoms with Crippen LogP contribution in [0.4, 0.5) is 4.79 Å². The molecule has 3 rings (SSSR count). The van der Waals surface area contributed by atoms with Gasteiger partial charge in [0, 0.05) is 17.8 Å². The van der Waals surface area contributed by atoms with Crippen LogP contribution in [0.1, 0.15) is 45.2 Å². The zero-order chi connectivity index (χ0) is 20.8. The summed E-state index contributed by atoms with van der Waals surface area (Å²) in [4.78, 5) is 27.7. The van der Waals surface area contributed by atoms with E-state index in [1.165, 1.54) is 0 Å². The summed E-state index contributed by atoms with van der Waals surface area (Å²) in [6.07, 6.45) is 2.23. The van der Waals surface area contributed by atoms with Gasteiger partial charge in [-0.15, -0.1) is 0 Å². The van der Waals surface area contributed by atoms with E-state index in [1.54, 1.807) is 6.92 Å². The average molecular weight is 402 g/mol. The second kappa shape index (κ2) is 9.78. The number of carbonyl (C=O) groups is 2. The van der Waals surface area contributed by atoms with Crippen molar-refractivity contribution in [1.82, 2.24) is 15.5 Å². The third-order valence-corrected chi connectivity index (χ3v) is 5.44. The van der Waals surface area contributed by atoms with E-state index < -0.39 is 12.0 Å². The molecule has 1 fully saturated rings. The average Bonchev–Trinajstić information content (AvgIpc) is 2.70. The molecule has 0 spiro atoms. The molecule has 0 unspecified atom stereocenters. The van der Waals surface area contributed by atoms with Crippen molar-refractivity contribution in [1.29, 1.82) is 0 Å². The van der Waals surface area contributed by atoms with Crippen LogP contribution in [0.2, 0.25) is 0 Å². The van der Waals surface area contributed by atoms with Crippen molar-refractivity contribution in [3.05, 3.63) is 41.1 Å². The highest BCUT2D eigenvalue weighted by Crippen LogP contribution is 2.34. The monoisotopic (exact) mass is 401 g/mol. The van der Waals surface area contributed by atoms with Crippen LogP contribution in [0.15, 0.2) is 35.5 Å². The normalized spacial score (nSPS) is 20.8. The van der Waals surface area contributed by atoms with Crippen LogP contribution in [0.25, 0.3) is 0 Å². The van der Waals surface area contributed by atoms with Crippen LogP contribution in [0.5, 0.6) is 5.75 Å². The molecule has 1 aromatic carbocycles. The number of rotatable bonds is 7. The Labute approximate surface area is 172 Å². The number of para-hydroxylation sites is 1. The molecule has 2 amide bonds. The maximum absolute atomic E-state index is 12.9. The highest BCUT2D eigenvalue weighted by atomic mass is 16.5. The Hall–Kier alpha value is -2.54. The molecule has 0 bridgehead atoms. The number of likely N-dealkylation sites (tertiary alicyclic amines) is 1. The fraction of sp³-hybridized carbons (Fsp3) is 0.545. The number of nitrogens with zero attached hydrogens (tertiary/aromatic N) is 1. The van der Waals surface area contributed by atoms with E-state index in [1.807, 2.05) is 31.2 Å². The van der Waals surface area contributed by atoms with Crippen molar-refractivity contribution in [3.8, 4) is 5.75 Å². The number of nitrogens with one attached hydrogen (secondary N) is 2. The van der Waals surface area contributed by atoms with Crippen LogP contribution in [0, 0.1) is 5.92 Å². The van der Waals surface area contributed by atoms with E-state index in [-0.39, 0.29) is 12.6 Å². The van der Waals surface area contributed by atoms with Gasteiger partial charge in [0.15, 0.2) is 0 Å². The van der Waals surface area contributed by atoms with Crippen LogP contribution in [0.3, 0.4) is 0 Å². The van der Waals surface area contributed by atoms with E-state index in [2.05, 4.69) is 22.5 Å². The molecular formula is C22H31N3O4. The van der Waals surface area contributed by atoms with Gasteiger partial charge in [0.2, 0.25) is 0 Å². The molecule has 29 heavy (non-hydrogen) atoms. The number of piperidine rings is 1. The zero-order valence-electron chi connectivity index (χ0n) is 17.5. The minimum atomic E-state index is -0.621. The van der Waals surface area contributed by atoms with Gasteiger partial charge in [0.1, 0.15) is 5.75 Å². The molecule has 2 heterocycles. The molecular weight excluding hydrogens is 370 g/mol. The minimum absolute atomic E-state index is 0.268. The van der Waals surface area contributed by atoms with Gasteiger partial charge in [-0.3, -0.25) is 4.90 Å². The summed E-state index contributed by atoms with van der Waals surface area (Å²) in [5.74, 6) is 0.935. The summed E-state index contributed by atoms with van der Waals surface area (Å²) < 4.78 is 11.1. The number of amides is 2. The predicted molar refractivity (Wildman–Crippen MR) is 111 cm³/mol. The Bertz CT molecular complexity index is 769. The van der Waals surface area contributed by atoms with Gasteiger partial charge in [-0.1, -0.05) is 25.1 Å². The molecule has 7 nitrogen and oxygen atoms in total. The maximum atomic E-state index is 12.9. The number of ether oxygens (including phenoxy) is 2. The SMILES string of the molecule is CCOC(=O)C1=C(CN2CCC(C)CC2)NC(=O)N[C@H]1c1ccccc1OCC. The Morgan fingerprint density at radius 3 is 2.59 bits per heavy atom. The minimum Gasteiger partial charge on any atom is -0.494 e. The number of carbonyl (C=O) groups excluding carboxylic acids is 2. The van der Waals surface area contributed by atoms with Gasteiger partial charge in [0.05, 0.1) is 24.8 Å². The molecule has 2 aliphatic heterocycles. The maximum Gasteiger partial charge on any atom is 0.338 e. The first-order valence-electron chi connectivity index (χ1n) is 10.4. The van der Waals surface area contributed by atoms with Crippen LogP contribution in [-0.2, 0) is 9.53 Å². The molecule has 7 heteroatoms. The molecule has 0 aliphatic carbocycles. The molecule has 1 saturated heterocycles. The largest absolute Gasteiger partial charge is 0.494 e. The number of benzene rings is 1. The van der Waals surface area contributed by atoms with Gasteiger partial charge in [0.25, 0.3) is 0 Å². The van der Waals surface area contributed by atoms with E-state index in [9.17, 15) is 9.59 Å². The fourth-order valence-electron chi connectivity index (χ4n) is 3.88. The van der Waals surface area contributed by atoms with Crippen molar-refractivity contribution in [2.24, 2.45) is 5.92 Å². The zero-order valence-corrected chi connectivity index (χ0v) is 17.5. The molecule has 1 atom stereocenters. The van der Waals surface area contributed by atoms with Crippen molar-refractivity contribution in [3.63, 3.8) is 0 Å². The second-order valence-electron chi connectivity index (χ2n) is 7.57. The van der Waals surface area contributed by atoms with Gasteiger partial charge in [-0.2, -0.15) is 0 Å². The Balaban J connectivity index is 1.99. The summed E-state index contributed by atoms with van der Waals surface area (Å²) >= 11 is 0. The van der Waals surface area contributed by atoms with E-state index >= 15 is 0 Å². The molecule has 0 saturated carbocycles. The van der Waals surface area contributed by atoms with Crippen molar-refractivity contribution in [2.45, 2.75) is 39.7 Å². The first-order valence-corrected chi connectivity index (χ1v) is 10.4. The van der Waals surface area contributed by atoms with Gasteiger partial charge in [-0.05, 0) is 51.8 Å². The second-order valence-corrected chi connectivity index (χ2v) is 7.57. The summed E-state index contributed by atoms with van der Waals surface area (Å²) in [5.41, 5.74) is 1.80. The lowest BCUT2D eigenvalue weighted by Crippen LogP contribution is -2.49. The number of esters is 1. The van der Waals surface area contributed by atoms with Crippen LogP contribution >= 0.6 is 0 Å². The fourth-order valence-corrected chi connectivity index (χ4v) is 3.88. The summed E-state index contributed by atoms with van der Waals surface area (Å²) in [6, 6.07) is 6.53. The number of urea groups is 1. The van der Waals surface area contributed by atoms with Crippen LogP contribution < -0.4 is 15.4 Å². The highest BCUT2D eigenvalue weighted by Gasteiger charge is 2.36. The third kappa shape index (κ3) is 5.09. The first-order chi connectivity index (χ1) is 14.0. The third-order valence-electron chi connectivity index (χ3n) is 5.44. The van der Waals surface area contributed by atoms with Gasteiger partial charge < -0.3 is 20.1 Å². The van der Waals surface area contributed by atoms with Gasteiger partial charge >= 0.3 is 12.0 Å². The van der Waals surface area contributed by atoms with Crippen LogP contribution in [-0.4, -0.2) is 49.7 Å². The molecule has 0 aromatic heterocycles. The standard InChI is InChI=1S/C22H31N3O4/c1-4-28-18-9-7-6-8-16(18)20-19(21(26)29-5-2)17(23-22(27)24-20)14-25-12-10-15(3)11-13-25/h6-9,15,20H,4-5,10-14H2,1-3H3,(H2,23,24,27)/t20-/m0/s1. The Morgan fingerprint density at radius 1 is 1.17 bits per heavy atom. The van der Waals surface area contributed by atoms with Gasteiger partial charge in [-0.25, -0.2) is 9.59 Å². The summed E-state index contributed by atoms with van der Waals surface area (Å²) in [7, 11) is 0. The Morgan fingerprint density at radius 2 is 1.90 bits per heavy atom. The lowest BCUT2D eigenvalue weighted by atomic mass is 9.93. The lowest BCUT2D eigenvalue weighted by molar-refractivity contribution is -0.139. The molecule has 2 aliphatic rings. The van der Waals surface area contributed by atoms with Crippen molar-refractivity contribution < 1.29 is 19.1 Å². The number of hydrogen-bond acceptors (Lipinski definition) is 5. The molecule has 158 valence electrons. The predicted octanol–water partition coefficient (Wildman–Crippen LogP) is 2.99. The van der Waals surface area contributed by atoms with E-state index in [4.69, 9.17) is 9.47 Å². The van der Waals surface area contributed by atoms with Crippen molar-refractivity contribution >= 4 is 12.0 Å². The topological polar surface area (TPSA) is 79.9 Å². The quantitative estimate of drug-likeness (QED) is 0.687. The summed E-state index contributed by atoms with van der Waals surface area (Å²) in [5, 5.41) is 5.75. The molecule has 1 aromatic rings. The summed E-state index contributed by atoms with van der Waals surface area (Å²) in [6.45, 7) is 9.12. The lowest BCUT2D eigenvalue weighted by Gasteiger charge is -2.35. The first kappa shape index (κ1) is 21.2. The molecule has 2 N–H and O–H groups in total. The number of hydrogen-bond donors (Lipinski definition) is 2. The smallest absolute Gasteiger partial charge is 0.338 e. The highest BCUT2D eigenvalue weighted by molar-refractivity contribution is 5.95. The van der Waals surface area contributed by atoms with E-state index in [0.29, 0.717) is 36.1 Å². The molecule has 0 radical (unpaired) electrons.